The number of nitrogens with one attached hydrogen (secondary N) is 2. The molecule has 228 valence electrons. The molecule has 2 aromatic rings. The highest BCUT2D eigenvalue weighted by Gasteiger charge is 2.58. The third-order valence-electron chi connectivity index (χ3n) is 10.2. The molecule has 2 N–H and O–H groups in total. The Morgan fingerprint density at radius 3 is 1.43 bits per heavy atom. The summed E-state index contributed by atoms with van der Waals surface area (Å²) in [6.45, 7) is 3.55. The molecular formula is C34H36N4O6. The Morgan fingerprint density at radius 1 is 0.682 bits per heavy atom. The lowest BCUT2D eigenvalue weighted by molar-refractivity contribution is -0.420. The Morgan fingerprint density at radius 2 is 1.07 bits per heavy atom. The van der Waals surface area contributed by atoms with Crippen LogP contribution >= 0.6 is 0 Å². The van der Waals surface area contributed by atoms with Crippen LogP contribution in [0.5, 0.6) is 11.5 Å². The predicted molar refractivity (Wildman–Crippen MR) is 164 cm³/mol. The molecule has 4 fully saturated rings. The zero-order valence-electron chi connectivity index (χ0n) is 24.8. The maximum atomic E-state index is 11.3. The minimum atomic E-state index is -1.01. The van der Waals surface area contributed by atoms with Crippen LogP contribution in [0.3, 0.4) is 0 Å². The number of nitro groups is 2. The lowest BCUT2D eigenvalue weighted by atomic mass is 9.42. The van der Waals surface area contributed by atoms with E-state index in [1.165, 1.54) is 67.5 Å². The van der Waals surface area contributed by atoms with E-state index in [1.807, 2.05) is 24.3 Å². The van der Waals surface area contributed by atoms with Crippen molar-refractivity contribution in [1.29, 1.82) is 0 Å². The summed E-state index contributed by atoms with van der Waals surface area (Å²) in [4.78, 5) is 21.7. The van der Waals surface area contributed by atoms with Crippen molar-refractivity contribution in [2.24, 2.45) is 11.8 Å². The first-order valence-electron chi connectivity index (χ1n) is 15.2. The van der Waals surface area contributed by atoms with Gasteiger partial charge >= 0.3 is 0 Å². The fourth-order valence-corrected chi connectivity index (χ4v) is 8.85. The van der Waals surface area contributed by atoms with Crippen molar-refractivity contribution < 1.29 is 19.3 Å². The summed E-state index contributed by atoms with van der Waals surface area (Å²) in [5.41, 5.74) is 0.854. The molecule has 8 rings (SSSR count). The maximum absolute atomic E-state index is 11.3. The van der Waals surface area contributed by atoms with Gasteiger partial charge in [-0.25, -0.2) is 0 Å². The minimum Gasteiger partial charge on any atom is -0.465 e. The van der Waals surface area contributed by atoms with Gasteiger partial charge < -0.3 is 20.1 Å². The average Bonchev–Trinajstić information content (AvgIpc) is 2.97. The normalized spacial score (nSPS) is 34.8. The molecule has 4 saturated carbocycles. The van der Waals surface area contributed by atoms with Crippen LogP contribution in [0, 0.1) is 32.1 Å². The number of nitrogens with zero attached hydrogens (tertiary/aromatic N) is 2. The first-order chi connectivity index (χ1) is 21.0. The molecule has 0 radical (unpaired) electrons. The zero-order valence-corrected chi connectivity index (χ0v) is 24.8. The van der Waals surface area contributed by atoms with Gasteiger partial charge in [-0.2, -0.15) is 0 Å². The number of hydrogen-bond acceptors (Lipinski definition) is 8. The standard InChI is InChI=1S/C34H36N4O6/c1-31(20-27(37(39)40)11-13-35-31)43-29-7-3-25(4-8-29)33-16-23-15-24(17-33)19-34(18-23,22-33)26-5-9-30(10-6-26)44-32(2)21-28(38(41)42)12-14-36-32/h3-14,20-21,23-24,35-36H,15-19,22H2,1-2H3. The van der Waals surface area contributed by atoms with Crippen LogP contribution in [-0.4, -0.2) is 21.3 Å². The monoisotopic (exact) mass is 596 g/mol. The Hall–Kier alpha value is -4.60. The second kappa shape index (κ2) is 9.97. The Labute approximate surface area is 255 Å². The van der Waals surface area contributed by atoms with Crippen LogP contribution in [0.1, 0.15) is 63.5 Å². The van der Waals surface area contributed by atoms with Gasteiger partial charge in [0.2, 0.25) is 11.4 Å². The summed E-state index contributed by atoms with van der Waals surface area (Å²) in [5.74, 6) is 2.66. The van der Waals surface area contributed by atoms with E-state index in [1.54, 1.807) is 26.2 Å². The summed E-state index contributed by atoms with van der Waals surface area (Å²) in [6.07, 6.45) is 16.1. The van der Waals surface area contributed by atoms with Gasteiger partial charge in [0.25, 0.3) is 11.4 Å². The van der Waals surface area contributed by atoms with E-state index in [2.05, 4.69) is 34.9 Å². The van der Waals surface area contributed by atoms with E-state index in [4.69, 9.17) is 9.47 Å². The number of benzene rings is 2. The molecule has 6 aliphatic rings. The predicted octanol–water partition coefficient (Wildman–Crippen LogP) is 6.22. The van der Waals surface area contributed by atoms with Gasteiger partial charge in [-0.15, -0.1) is 0 Å². The highest BCUT2D eigenvalue weighted by atomic mass is 16.6. The zero-order chi connectivity index (χ0) is 30.7. The molecular weight excluding hydrogens is 560 g/mol. The van der Waals surface area contributed by atoms with Crippen LogP contribution in [0.25, 0.3) is 0 Å². The van der Waals surface area contributed by atoms with Crippen molar-refractivity contribution in [1.82, 2.24) is 10.6 Å². The largest absolute Gasteiger partial charge is 0.465 e. The third-order valence-corrected chi connectivity index (χ3v) is 10.2. The van der Waals surface area contributed by atoms with Gasteiger partial charge in [-0.3, -0.25) is 20.2 Å². The van der Waals surface area contributed by atoms with Crippen molar-refractivity contribution in [2.45, 2.75) is 74.7 Å². The molecule has 0 spiro atoms. The van der Waals surface area contributed by atoms with E-state index in [0.29, 0.717) is 23.3 Å². The summed E-state index contributed by atoms with van der Waals surface area (Å²) < 4.78 is 12.4. The van der Waals surface area contributed by atoms with Crippen molar-refractivity contribution >= 4 is 0 Å². The molecule has 4 bridgehead atoms. The summed E-state index contributed by atoms with van der Waals surface area (Å²) in [7, 11) is 0. The topological polar surface area (TPSA) is 129 Å². The molecule has 44 heavy (non-hydrogen) atoms. The number of rotatable bonds is 8. The van der Waals surface area contributed by atoms with Crippen LogP contribution in [0.2, 0.25) is 0 Å². The molecule has 2 atom stereocenters. The van der Waals surface area contributed by atoms with Gasteiger partial charge in [0.1, 0.15) is 11.5 Å². The highest BCUT2D eigenvalue weighted by Crippen LogP contribution is 2.66. The Bertz CT molecular complexity index is 1500. The molecule has 0 saturated heterocycles. The van der Waals surface area contributed by atoms with Crippen molar-refractivity contribution in [3.05, 3.63) is 128 Å². The molecule has 2 aromatic carbocycles. The number of dihydropyridines is 2. The summed E-state index contributed by atoms with van der Waals surface area (Å²) in [6, 6.07) is 16.7. The van der Waals surface area contributed by atoms with Gasteiger partial charge in [0.05, 0.1) is 22.0 Å². The van der Waals surface area contributed by atoms with Crippen LogP contribution in [0.15, 0.2) is 96.6 Å². The third kappa shape index (κ3) is 5.02. The number of hydrogen-bond donors (Lipinski definition) is 2. The molecule has 0 aromatic heterocycles. The van der Waals surface area contributed by atoms with Gasteiger partial charge in [0.15, 0.2) is 0 Å². The Kier molecular flexibility index (Phi) is 6.39. The van der Waals surface area contributed by atoms with E-state index >= 15 is 0 Å². The average molecular weight is 597 g/mol. The first-order valence-corrected chi connectivity index (χ1v) is 15.2. The SMILES string of the molecule is CC1(Oc2ccc(C34CC5CC(C3)CC(c3ccc(OC6(C)C=C([N+](=O)[O-])C=CN6)cc3)(C5)C4)cc2)C=C([N+](=O)[O-])C=CN1. The fraction of sp³-hybridized carbons (Fsp3) is 0.412. The van der Waals surface area contributed by atoms with Gasteiger partial charge in [0, 0.05) is 24.6 Å². The molecule has 10 nitrogen and oxygen atoms in total. The van der Waals surface area contributed by atoms with Crippen molar-refractivity contribution in [3.8, 4) is 11.5 Å². The molecule has 4 aliphatic carbocycles. The van der Waals surface area contributed by atoms with E-state index in [0.717, 1.165) is 6.42 Å². The van der Waals surface area contributed by atoms with Crippen molar-refractivity contribution in [3.63, 3.8) is 0 Å². The summed E-state index contributed by atoms with van der Waals surface area (Å²) in [5, 5.41) is 28.7. The lowest BCUT2D eigenvalue weighted by Gasteiger charge is -2.62. The lowest BCUT2D eigenvalue weighted by Crippen LogP contribution is -2.55. The maximum Gasteiger partial charge on any atom is 0.272 e. The number of allylic oxidation sites excluding steroid dienone is 2. The minimum absolute atomic E-state index is 0.000787. The van der Waals surface area contributed by atoms with Crippen LogP contribution < -0.4 is 20.1 Å². The second-order valence-corrected chi connectivity index (χ2v) is 13.6. The Balaban J connectivity index is 1.10. The molecule has 2 unspecified atom stereocenters. The highest BCUT2D eigenvalue weighted by molar-refractivity contribution is 5.41. The fourth-order valence-electron chi connectivity index (χ4n) is 8.85. The molecule has 0 amide bonds. The van der Waals surface area contributed by atoms with Crippen LogP contribution in [0.4, 0.5) is 0 Å². The second-order valence-electron chi connectivity index (χ2n) is 13.6. The van der Waals surface area contributed by atoms with E-state index in [9.17, 15) is 20.2 Å². The smallest absolute Gasteiger partial charge is 0.272 e. The van der Waals surface area contributed by atoms with E-state index < -0.39 is 21.3 Å². The quantitative estimate of drug-likeness (QED) is 0.271. The van der Waals surface area contributed by atoms with E-state index in [-0.39, 0.29) is 22.2 Å². The molecule has 2 heterocycles. The summed E-state index contributed by atoms with van der Waals surface area (Å²) >= 11 is 0. The molecule has 2 aliphatic heterocycles. The number of ether oxygens (including phenoxy) is 2. The van der Waals surface area contributed by atoms with Crippen molar-refractivity contribution in [2.75, 3.05) is 0 Å². The van der Waals surface area contributed by atoms with Gasteiger partial charge in [-0.05, 0) is 110 Å². The van der Waals surface area contributed by atoms with Crippen LogP contribution in [-0.2, 0) is 10.8 Å². The molecule has 10 heteroatoms. The first kappa shape index (κ1) is 28.2. The van der Waals surface area contributed by atoms with Gasteiger partial charge in [-0.1, -0.05) is 24.3 Å².